The van der Waals surface area contributed by atoms with Crippen molar-refractivity contribution >= 4 is 33.3 Å². The summed E-state index contributed by atoms with van der Waals surface area (Å²) in [5.41, 5.74) is 3.45. The van der Waals surface area contributed by atoms with E-state index in [1.807, 2.05) is 25.4 Å². The molecule has 5 aromatic rings. The highest BCUT2D eigenvalue weighted by Crippen LogP contribution is 2.37. The molecule has 2 atom stereocenters. The zero-order valence-electron chi connectivity index (χ0n) is 20.0. The fourth-order valence-electron chi connectivity index (χ4n) is 4.55. The Balaban J connectivity index is 1.44. The molecule has 9 heteroatoms. The Hall–Kier alpha value is -4.11. The SMILES string of the molecule is C[C@H]1COCC1COc1cc(-c2cnn(C)c2)cc2ncnc(Nc3ccc4ncccc4c3F)c12. The van der Waals surface area contributed by atoms with Crippen molar-refractivity contribution in [2.45, 2.75) is 6.92 Å². The second kappa shape index (κ2) is 9.16. The molecule has 1 N–H and O–H groups in total. The van der Waals surface area contributed by atoms with Crippen LogP contribution in [0.15, 0.2) is 61.3 Å². The summed E-state index contributed by atoms with van der Waals surface area (Å²) in [4.78, 5) is 13.2. The molecule has 1 fully saturated rings. The summed E-state index contributed by atoms with van der Waals surface area (Å²) >= 11 is 0. The number of fused-ring (bicyclic) bond motifs is 2. The summed E-state index contributed by atoms with van der Waals surface area (Å²) in [7, 11) is 1.88. The van der Waals surface area contributed by atoms with E-state index < -0.39 is 5.82 Å². The van der Waals surface area contributed by atoms with E-state index in [-0.39, 0.29) is 5.92 Å². The zero-order valence-corrected chi connectivity index (χ0v) is 20.0. The van der Waals surface area contributed by atoms with Gasteiger partial charge in [0, 0.05) is 42.9 Å². The maximum atomic E-state index is 15.3. The summed E-state index contributed by atoms with van der Waals surface area (Å²) in [6, 6.07) is 10.8. The number of hydrogen-bond acceptors (Lipinski definition) is 7. The molecular weight excluding hydrogens is 459 g/mol. The predicted molar refractivity (Wildman–Crippen MR) is 136 cm³/mol. The summed E-state index contributed by atoms with van der Waals surface area (Å²) in [5.74, 6) is 1.39. The lowest BCUT2D eigenvalue weighted by Gasteiger charge is -2.18. The van der Waals surface area contributed by atoms with Crippen molar-refractivity contribution in [3.8, 4) is 16.9 Å². The van der Waals surface area contributed by atoms with Gasteiger partial charge < -0.3 is 14.8 Å². The van der Waals surface area contributed by atoms with Crippen LogP contribution in [0.25, 0.3) is 32.9 Å². The van der Waals surface area contributed by atoms with Gasteiger partial charge >= 0.3 is 0 Å². The number of benzene rings is 2. The number of pyridine rings is 1. The number of anilines is 2. The highest BCUT2D eigenvalue weighted by molar-refractivity contribution is 5.99. The number of rotatable bonds is 6. The van der Waals surface area contributed by atoms with E-state index in [9.17, 15) is 0 Å². The number of hydrogen-bond donors (Lipinski definition) is 1. The van der Waals surface area contributed by atoms with E-state index in [1.165, 1.54) is 6.33 Å². The molecule has 0 amide bonds. The Labute approximate surface area is 207 Å². The molecule has 1 aliphatic rings. The van der Waals surface area contributed by atoms with Gasteiger partial charge in [0.2, 0.25) is 0 Å². The Morgan fingerprint density at radius 3 is 2.83 bits per heavy atom. The monoisotopic (exact) mass is 484 g/mol. The molecule has 2 aromatic carbocycles. The van der Waals surface area contributed by atoms with Crippen molar-refractivity contribution in [1.82, 2.24) is 24.7 Å². The molecule has 6 rings (SSSR count). The third-order valence-corrected chi connectivity index (χ3v) is 6.68. The first-order valence-electron chi connectivity index (χ1n) is 11.9. The molecule has 36 heavy (non-hydrogen) atoms. The number of nitrogens with zero attached hydrogens (tertiary/aromatic N) is 5. The standard InChI is InChI=1S/C27H25FN6O2/c1-16-12-35-13-19(16)14-36-24-9-17(18-10-32-34(2)11-18)8-23-25(24)27(31-15-30-23)33-22-6-5-21-20(26(22)28)4-3-7-29-21/h3-11,15-16,19H,12-14H2,1-2H3,(H,30,31,33)/t16-,19?/m0/s1. The average Bonchev–Trinajstić information content (AvgIpc) is 3.52. The molecule has 4 heterocycles. The van der Waals surface area contributed by atoms with Gasteiger partial charge in [-0.05, 0) is 47.9 Å². The highest BCUT2D eigenvalue weighted by atomic mass is 19.1. The molecule has 0 saturated carbocycles. The van der Waals surface area contributed by atoms with Crippen LogP contribution in [0.3, 0.4) is 0 Å². The van der Waals surface area contributed by atoms with Crippen LogP contribution in [0.4, 0.5) is 15.9 Å². The van der Waals surface area contributed by atoms with Crippen LogP contribution in [0.5, 0.6) is 5.75 Å². The molecule has 1 saturated heterocycles. The molecule has 1 aliphatic heterocycles. The van der Waals surface area contributed by atoms with Crippen LogP contribution in [-0.2, 0) is 11.8 Å². The third-order valence-electron chi connectivity index (χ3n) is 6.68. The molecule has 0 bridgehead atoms. The largest absolute Gasteiger partial charge is 0.492 e. The number of nitrogens with one attached hydrogen (secondary N) is 1. The first-order chi connectivity index (χ1) is 17.6. The fourth-order valence-corrected chi connectivity index (χ4v) is 4.55. The van der Waals surface area contributed by atoms with E-state index in [0.717, 1.165) is 17.7 Å². The van der Waals surface area contributed by atoms with E-state index >= 15 is 4.39 Å². The molecule has 3 aromatic heterocycles. The van der Waals surface area contributed by atoms with Gasteiger partial charge in [-0.1, -0.05) is 6.92 Å². The quantitative estimate of drug-likeness (QED) is 0.358. The second-order valence-corrected chi connectivity index (χ2v) is 9.20. The van der Waals surface area contributed by atoms with Gasteiger partial charge in [-0.15, -0.1) is 0 Å². The first-order valence-corrected chi connectivity index (χ1v) is 11.9. The first kappa shape index (κ1) is 22.4. The Morgan fingerprint density at radius 2 is 2.03 bits per heavy atom. The minimum absolute atomic E-state index is 0.286. The van der Waals surface area contributed by atoms with Gasteiger partial charge in [-0.3, -0.25) is 9.67 Å². The normalized spacial score (nSPS) is 17.6. The molecule has 182 valence electrons. The van der Waals surface area contributed by atoms with Crippen molar-refractivity contribution in [2.75, 3.05) is 25.1 Å². The van der Waals surface area contributed by atoms with Crippen molar-refractivity contribution < 1.29 is 13.9 Å². The molecular formula is C27H25FN6O2. The molecule has 0 spiro atoms. The maximum Gasteiger partial charge on any atom is 0.156 e. The van der Waals surface area contributed by atoms with Gasteiger partial charge in [0.25, 0.3) is 0 Å². The third kappa shape index (κ3) is 4.11. The average molecular weight is 485 g/mol. The summed E-state index contributed by atoms with van der Waals surface area (Å²) in [6.07, 6.45) is 6.86. The number of aromatic nitrogens is 5. The summed E-state index contributed by atoms with van der Waals surface area (Å²) in [5, 5.41) is 8.59. The zero-order chi connectivity index (χ0) is 24.6. The Bertz CT molecular complexity index is 1570. The van der Waals surface area contributed by atoms with E-state index in [4.69, 9.17) is 9.47 Å². The van der Waals surface area contributed by atoms with Crippen molar-refractivity contribution in [3.63, 3.8) is 0 Å². The van der Waals surface area contributed by atoms with Gasteiger partial charge in [0.15, 0.2) is 5.82 Å². The predicted octanol–water partition coefficient (Wildman–Crippen LogP) is 5.12. The second-order valence-electron chi connectivity index (χ2n) is 9.20. The number of halogens is 1. The van der Waals surface area contributed by atoms with Crippen LogP contribution in [0.2, 0.25) is 0 Å². The summed E-state index contributed by atoms with van der Waals surface area (Å²) < 4.78 is 29.1. The van der Waals surface area contributed by atoms with Gasteiger partial charge in [0.05, 0.1) is 41.5 Å². The minimum atomic E-state index is -0.390. The van der Waals surface area contributed by atoms with Crippen LogP contribution >= 0.6 is 0 Å². The van der Waals surface area contributed by atoms with Crippen LogP contribution < -0.4 is 10.1 Å². The maximum absolute atomic E-state index is 15.3. The lowest BCUT2D eigenvalue weighted by molar-refractivity contribution is 0.167. The van der Waals surface area contributed by atoms with E-state index in [2.05, 4.69) is 32.3 Å². The Kier molecular flexibility index (Phi) is 5.69. The van der Waals surface area contributed by atoms with Crippen LogP contribution in [0.1, 0.15) is 6.92 Å². The molecule has 0 radical (unpaired) electrons. The van der Waals surface area contributed by atoms with E-state index in [0.29, 0.717) is 58.2 Å². The van der Waals surface area contributed by atoms with Gasteiger partial charge in [0.1, 0.15) is 17.9 Å². The van der Waals surface area contributed by atoms with Gasteiger partial charge in [-0.25, -0.2) is 14.4 Å². The topological polar surface area (TPSA) is 87.0 Å². The molecule has 0 aliphatic carbocycles. The number of aryl methyl sites for hydroxylation is 1. The fraction of sp³-hybridized carbons (Fsp3) is 0.259. The van der Waals surface area contributed by atoms with Crippen molar-refractivity contribution in [2.24, 2.45) is 18.9 Å². The van der Waals surface area contributed by atoms with Crippen LogP contribution in [0, 0.1) is 17.7 Å². The number of ether oxygens (including phenoxy) is 2. The molecule has 1 unspecified atom stereocenters. The smallest absolute Gasteiger partial charge is 0.156 e. The summed E-state index contributed by atoms with van der Waals surface area (Å²) in [6.45, 7) is 4.06. The molecule has 8 nitrogen and oxygen atoms in total. The minimum Gasteiger partial charge on any atom is -0.492 e. The lowest BCUT2D eigenvalue weighted by atomic mass is 9.99. The van der Waals surface area contributed by atoms with Gasteiger partial charge in [-0.2, -0.15) is 5.10 Å². The van der Waals surface area contributed by atoms with E-state index in [1.54, 1.807) is 41.3 Å². The highest BCUT2D eigenvalue weighted by Gasteiger charge is 2.26. The Morgan fingerprint density at radius 1 is 1.11 bits per heavy atom. The van der Waals surface area contributed by atoms with Crippen molar-refractivity contribution in [1.29, 1.82) is 0 Å². The van der Waals surface area contributed by atoms with Crippen LogP contribution in [-0.4, -0.2) is 44.6 Å². The lowest BCUT2D eigenvalue weighted by Crippen LogP contribution is -2.18. The van der Waals surface area contributed by atoms with Crippen molar-refractivity contribution in [3.05, 3.63) is 67.1 Å².